The molecular formula is C15H14Br2O3. The zero-order chi connectivity index (χ0) is 14.5. The van der Waals surface area contributed by atoms with E-state index in [1.54, 1.807) is 7.11 Å². The van der Waals surface area contributed by atoms with Gasteiger partial charge in [-0.15, -0.1) is 0 Å². The zero-order valence-electron chi connectivity index (χ0n) is 11.1. The van der Waals surface area contributed by atoms with Crippen LogP contribution in [0.15, 0.2) is 45.4 Å². The number of methoxy groups -OCH3 is 1. The van der Waals surface area contributed by atoms with Crippen LogP contribution in [-0.4, -0.2) is 23.9 Å². The van der Waals surface area contributed by atoms with Crippen molar-refractivity contribution in [2.24, 2.45) is 0 Å². The summed E-state index contributed by atoms with van der Waals surface area (Å²) in [6.45, 7) is 1.96. The van der Waals surface area contributed by atoms with Gasteiger partial charge < -0.3 is 14.6 Å². The Kier molecular flexibility index (Phi) is 3.36. The van der Waals surface area contributed by atoms with Crippen molar-refractivity contribution < 1.29 is 14.6 Å². The van der Waals surface area contributed by atoms with Gasteiger partial charge in [-0.2, -0.15) is 0 Å². The summed E-state index contributed by atoms with van der Waals surface area (Å²) in [5.41, 5.74) is -1.000. The molecule has 0 amide bonds. The molecule has 20 heavy (non-hydrogen) atoms. The van der Waals surface area contributed by atoms with Crippen molar-refractivity contribution in [2.75, 3.05) is 7.11 Å². The lowest BCUT2D eigenvalue weighted by molar-refractivity contribution is -0.103. The number of aliphatic hydroxyl groups is 1. The fourth-order valence-electron chi connectivity index (χ4n) is 2.61. The van der Waals surface area contributed by atoms with Crippen LogP contribution in [0.25, 0.3) is 0 Å². The van der Waals surface area contributed by atoms with Crippen LogP contribution in [0.5, 0.6) is 5.75 Å². The molecule has 106 valence electrons. The quantitative estimate of drug-likeness (QED) is 0.769. The van der Waals surface area contributed by atoms with Crippen LogP contribution in [-0.2, 0) is 10.3 Å². The third-order valence-corrected chi connectivity index (χ3v) is 6.58. The highest BCUT2D eigenvalue weighted by Crippen LogP contribution is 2.53. The van der Waals surface area contributed by atoms with E-state index in [0.29, 0.717) is 4.48 Å². The highest BCUT2D eigenvalue weighted by atomic mass is 79.9. The molecule has 2 heterocycles. The van der Waals surface area contributed by atoms with Gasteiger partial charge in [0.25, 0.3) is 0 Å². The van der Waals surface area contributed by atoms with Crippen LogP contribution >= 0.6 is 31.9 Å². The van der Waals surface area contributed by atoms with Gasteiger partial charge in [0, 0.05) is 8.96 Å². The van der Waals surface area contributed by atoms with Crippen molar-refractivity contribution in [1.82, 2.24) is 0 Å². The van der Waals surface area contributed by atoms with Gasteiger partial charge >= 0.3 is 0 Å². The van der Waals surface area contributed by atoms with Crippen molar-refractivity contribution in [3.8, 4) is 5.75 Å². The molecule has 0 aromatic heterocycles. The molecule has 3 rings (SSSR count). The maximum Gasteiger partial charge on any atom is 0.152 e. The Morgan fingerprint density at radius 2 is 1.85 bits per heavy atom. The van der Waals surface area contributed by atoms with Crippen LogP contribution in [0, 0.1) is 0 Å². The summed E-state index contributed by atoms with van der Waals surface area (Å²) < 4.78 is 12.6. The molecule has 3 nitrogen and oxygen atoms in total. The lowest BCUT2D eigenvalue weighted by atomic mass is 9.86. The van der Waals surface area contributed by atoms with Crippen LogP contribution in [0.4, 0.5) is 0 Å². The summed E-state index contributed by atoms with van der Waals surface area (Å²) in [5, 5.41) is 11.2. The minimum absolute atomic E-state index is 0.420. The lowest BCUT2D eigenvalue weighted by Gasteiger charge is -2.42. The fraction of sp³-hybridized carbons (Fsp3) is 0.333. The summed E-state index contributed by atoms with van der Waals surface area (Å²) in [4.78, 5) is 0. The summed E-state index contributed by atoms with van der Waals surface area (Å²) in [6, 6.07) is 7.35. The molecular weight excluding hydrogens is 388 g/mol. The first-order valence-electron chi connectivity index (χ1n) is 6.22. The molecule has 0 spiro atoms. The number of halogens is 2. The van der Waals surface area contributed by atoms with Gasteiger partial charge in [0.1, 0.15) is 17.5 Å². The number of benzene rings is 1. The normalized spacial score (nSPS) is 35.5. The summed E-state index contributed by atoms with van der Waals surface area (Å²) in [5.74, 6) is 0.750. The fourth-order valence-corrected chi connectivity index (χ4v) is 3.99. The van der Waals surface area contributed by atoms with Crippen molar-refractivity contribution in [3.63, 3.8) is 0 Å². The van der Waals surface area contributed by atoms with Crippen molar-refractivity contribution >= 4 is 31.9 Å². The molecule has 0 saturated heterocycles. The maximum atomic E-state index is 11.2. The molecule has 1 aromatic rings. The van der Waals surface area contributed by atoms with E-state index in [4.69, 9.17) is 9.47 Å². The van der Waals surface area contributed by atoms with Gasteiger partial charge in [-0.1, -0.05) is 50.1 Å². The largest absolute Gasteiger partial charge is 0.497 e. The number of hydrogen-bond donors (Lipinski definition) is 1. The van der Waals surface area contributed by atoms with Crippen LogP contribution < -0.4 is 4.74 Å². The maximum absolute atomic E-state index is 11.2. The minimum Gasteiger partial charge on any atom is -0.497 e. The van der Waals surface area contributed by atoms with Gasteiger partial charge in [0.15, 0.2) is 5.60 Å². The topological polar surface area (TPSA) is 38.7 Å². The SMILES string of the molecule is COc1ccc(C2(O)C(Br)=C(Br)[C@@]3(C)C=C[C@@H]2O3)cc1. The predicted octanol–water partition coefficient (Wildman–Crippen LogP) is 3.61. The van der Waals surface area contributed by atoms with E-state index in [1.165, 1.54) is 0 Å². The average molecular weight is 402 g/mol. The molecule has 0 fully saturated rings. The smallest absolute Gasteiger partial charge is 0.152 e. The molecule has 0 saturated carbocycles. The minimum atomic E-state index is -1.24. The molecule has 0 radical (unpaired) electrons. The van der Waals surface area contributed by atoms with Crippen molar-refractivity contribution in [2.45, 2.75) is 24.2 Å². The molecule has 0 aliphatic carbocycles. The van der Waals surface area contributed by atoms with E-state index in [2.05, 4.69) is 31.9 Å². The third-order valence-electron chi connectivity index (χ3n) is 3.87. The molecule has 1 aromatic carbocycles. The van der Waals surface area contributed by atoms with Crippen LogP contribution in [0.3, 0.4) is 0 Å². The number of rotatable bonds is 2. The second kappa shape index (κ2) is 4.70. The first-order valence-corrected chi connectivity index (χ1v) is 7.81. The molecule has 2 aliphatic rings. The Morgan fingerprint density at radius 1 is 1.20 bits per heavy atom. The van der Waals surface area contributed by atoms with E-state index < -0.39 is 17.3 Å². The van der Waals surface area contributed by atoms with E-state index in [-0.39, 0.29) is 0 Å². The Balaban J connectivity index is 2.13. The molecule has 2 aliphatic heterocycles. The first-order chi connectivity index (χ1) is 9.41. The Morgan fingerprint density at radius 3 is 2.45 bits per heavy atom. The molecule has 1 unspecified atom stereocenters. The van der Waals surface area contributed by atoms with E-state index >= 15 is 0 Å². The zero-order valence-corrected chi connectivity index (χ0v) is 14.2. The van der Waals surface area contributed by atoms with Crippen molar-refractivity contribution in [1.29, 1.82) is 0 Å². The second-order valence-corrected chi connectivity index (χ2v) is 6.71. The monoisotopic (exact) mass is 400 g/mol. The van der Waals surface area contributed by atoms with Crippen molar-refractivity contribution in [3.05, 3.63) is 50.9 Å². The second-order valence-electron chi connectivity index (χ2n) is 5.13. The van der Waals surface area contributed by atoms with Gasteiger partial charge in [-0.3, -0.25) is 0 Å². The molecule has 5 heteroatoms. The Bertz CT molecular complexity index is 608. The summed E-state index contributed by atoms with van der Waals surface area (Å²) in [6.07, 6.45) is 3.45. The number of hydrogen-bond acceptors (Lipinski definition) is 3. The van der Waals surface area contributed by atoms with Gasteiger partial charge in [0.2, 0.25) is 0 Å². The van der Waals surface area contributed by atoms with Crippen LogP contribution in [0.1, 0.15) is 12.5 Å². The van der Waals surface area contributed by atoms with Gasteiger partial charge in [-0.25, -0.2) is 0 Å². The Labute approximate surface area is 134 Å². The highest BCUT2D eigenvalue weighted by Gasteiger charge is 2.54. The predicted molar refractivity (Wildman–Crippen MR) is 84.2 cm³/mol. The highest BCUT2D eigenvalue weighted by molar-refractivity contribution is 9.14. The van der Waals surface area contributed by atoms with E-state index in [1.807, 2.05) is 43.3 Å². The average Bonchev–Trinajstić information content (AvgIpc) is 2.86. The van der Waals surface area contributed by atoms with E-state index in [9.17, 15) is 5.11 Å². The molecule has 3 atom stereocenters. The van der Waals surface area contributed by atoms with Gasteiger partial charge in [0.05, 0.1) is 7.11 Å². The van der Waals surface area contributed by atoms with E-state index in [0.717, 1.165) is 15.8 Å². The Hall–Kier alpha value is -0.620. The molecule has 2 bridgehead atoms. The summed E-state index contributed by atoms with van der Waals surface area (Å²) >= 11 is 7.07. The van der Waals surface area contributed by atoms with Crippen LogP contribution in [0.2, 0.25) is 0 Å². The molecule has 1 N–H and O–H groups in total. The lowest BCUT2D eigenvalue weighted by Crippen LogP contribution is -2.47. The number of fused-ring (bicyclic) bond motifs is 2. The van der Waals surface area contributed by atoms with Gasteiger partial charge in [-0.05, 0) is 30.7 Å². The standard InChI is InChI=1S/C15H14Br2O3/c1-14-8-7-11(20-14)15(18,13(17)12(14)16)9-3-5-10(19-2)6-4-9/h3-8,11,18H,1-2H3/t11-,14+,15?/m0/s1. The third kappa shape index (κ3) is 1.84. The first kappa shape index (κ1) is 14.3. The number of ether oxygens (including phenoxy) is 2. The summed E-state index contributed by atoms with van der Waals surface area (Å²) in [7, 11) is 1.62.